The van der Waals surface area contributed by atoms with E-state index in [0.717, 1.165) is 61.9 Å². The molecule has 4 nitrogen and oxygen atoms in total. The number of fused-ring (bicyclic) bond motifs is 1. The number of benzene rings is 1. The first-order chi connectivity index (χ1) is 11.8. The summed E-state index contributed by atoms with van der Waals surface area (Å²) in [5, 5.41) is 3.46. The molecule has 0 amide bonds. The zero-order valence-electron chi connectivity index (χ0n) is 14.3. The molecule has 3 heterocycles. The third-order valence-electron chi connectivity index (χ3n) is 4.91. The summed E-state index contributed by atoms with van der Waals surface area (Å²) in [6, 6.07) is 6.66. The number of nitrogens with zero attached hydrogens (tertiary/aromatic N) is 3. The molecule has 0 spiro atoms. The summed E-state index contributed by atoms with van der Waals surface area (Å²) in [6.45, 7) is 3.83. The molecule has 4 rings (SSSR count). The predicted molar refractivity (Wildman–Crippen MR) is 101 cm³/mol. The van der Waals surface area contributed by atoms with Crippen molar-refractivity contribution in [3.05, 3.63) is 41.3 Å². The number of nitrogens with one attached hydrogen (secondary N) is 1. The highest BCUT2D eigenvalue weighted by Gasteiger charge is 2.21. The summed E-state index contributed by atoms with van der Waals surface area (Å²) in [6.07, 6.45) is 5.75. The molecule has 2 aliphatic heterocycles. The molecule has 0 saturated carbocycles. The van der Waals surface area contributed by atoms with Crippen molar-refractivity contribution in [3.63, 3.8) is 0 Å². The van der Waals surface area contributed by atoms with E-state index < -0.39 is 0 Å². The first kappa shape index (κ1) is 18.1. The van der Waals surface area contributed by atoms with Crippen LogP contribution in [0.15, 0.2) is 24.3 Å². The molecule has 2 aromatic rings. The fourth-order valence-electron chi connectivity index (χ4n) is 3.59. The largest absolute Gasteiger partial charge is 0.341 e. The number of rotatable bonds is 2. The maximum atomic E-state index is 13.3. The summed E-state index contributed by atoms with van der Waals surface area (Å²) >= 11 is 0. The first-order valence-electron chi connectivity index (χ1n) is 8.93. The quantitative estimate of drug-likeness (QED) is 0.883. The van der Waals surface area contributed by atoms with Gasteiger partial charge in [-0.2, -0.15) is 0 Å². The summed E-state index contributed by atoms with van der Waals surface area (Å²) < 4.78 is 13.3. The molecule has 0 aliphatic carbocycles. The van der Waals surface area contributed by atoms with E-state index in [1.807, 2.05) is 12.1 Å². The number of halogens is 2. The van der Waals surface area contributed by atoms with E-state index in [0.29, 0.717) is 0 Å². The number of anilines is 1. The fourth-order valence-corrected chi connectivity index (χ4v) is 3.59. The molecule has 0 atom stereocenters. The van der Waals surface area contributed by atoms with Crippen molar-refractivity contribution in [2.45, 2.75) is 38.6 Å². The average molecular weight is 363 g/mol. The fraction of sp³-hybridized carbons (Fsp3) is 0.474. The van der Waals surface area contributed by atoms with Crippen molar-refractivity contribution in [2.24, 2.45) is 0 Å². The van der Waals surface area contributed by atoms with Crippen molar-refractivity contribution >= 4 is 18.4 Å². The van der Waals surface area contributed by atoms with Crippen molar-refractivity contribution in [3.8, 4) is 11.3 Å². The zero-order chi connectivity index (χ0) is 16.4. The summed E-state index contributed by atoms with van der Waals surface area (Å²) in [5.74, 6) is 0.628. The van der Waals surface area contributed by atoms with Gasteiger partial charge in [0.05, 0.1) is 11.4 Å². The van der Waals surface area contributed by atoms with Gasteiger partial charge < -0.3 is 10.2 Å². The van der Waals surface area contributed by atoms with Gasteiger partial charge in [-0.15, -0.1) is 12.4 Å². The average Bonchev–Trinajstić information content (AvgIpc) is 2.88. The Morgan fingerprint density at radius 1 is 0.960 bits per heavy atom. The predicted octanol–water partition coefficient (Wildman–Crippen LogP) is 3.73. The molecule has 134 valence electrons. The second-order valence-corrected chi connectivity index (χ2v) is 6.63. The van der Waals surface area contributed by atoms with E-state index in [2.05, 4.69) is 10.2 Å². The maximum Gasteiger partial charge on any atom is 0.226 e. The van der Waals surface area contributed by atoms with Crippen LogP contribution >= 0.6 is 12.4 Å². The highest BCUT2D eigenvalue weighted by Crippen LogP contribution is 2.29. The molecule has 25 heavy (non-hydrogen) atoms. The van der Waals surface area contributed by atoms with Crippen LogP contribution in [0.25, 0.3) is 11.3 Å². The van der Waals surface area contributed by atoms with Gasteiger partial charge in [0.1, 0.15) is 5.82 Å². The minimum atomic E-state index is -0.215. The van der Waals surface area contributed by atoms with Gasteiger partial charge in [0.25, 0.3) is 0 Å². The van der Waals surface area contributed by atoms with Crippen molar-refractivity contribution in [1.29, 1.82) is 0 Å². The Kier molecular flexibility index (Phi) is 5.86. The van der Waals surface area contributed by atoms with E-state index in [9.17, 15) is 4.39 Å². The van der Waals surface area contributed by atoms with Gasteiger partial charge >= 0.3 is 0 Å². The van der Waals surface area contributed by atoms with E-state index >= 15 is 0 Å². The van der Waals surface area contributed by atoms with Gasteiger partial charge in [-0.25, -0.2) is 14.4 Å². The lowest BCUT2D eigenvalue weighted by molar-refractivity contribution is 0.567. The Bertz CT molecular complexity index is 714. The molecule has 1 aromatic heterocycles. The first-order valence-corrected chi connectivity index (χ1v) is 8.93. The number of aromatic nitrogens is 2. The monoisotopic (exact) mass is 362 g/mol. The Labute approximate surface area is 154 Å². The second kappa shape index (κ2) is 8.11. The van der Waals surface area contributed by atoms with Crippen LogP contribution in [0.5, 0.6) is 0 Å². The van der Waals surface area contributed by atoms with E-state index in [1.54, 1.807) is 0 Å². The third-order valence-corrected chi connectivity index (χ3v) is 4.91. The summed E-state index contributed by atoms with van der Waals surface area (Å²) in [7, 11) is 0. The van der Waals surface area contributed by atoms with Gasteiger partial charge in [-0.05, 0) is 62.9 Å². The van der Waals surface area contributed by atoms with Crippen LogP contribution in [0.1, 0.15) is 36.9 Å². The van der Waals surface area contributed by atoms with Crippen LogP contribution < -0.4 is 10.2 Å². The van der Waals surface area contributed by atoms with Crippen LogP contribution in [-0.4, -0.2) is 29.6 Å². The smallest absolute Gasteiger partial charge is 0.226 e. The number of hydrogen-bond donors (Lipinski definition) is 1. The molecule has 1 fully saturated rings. The Morgan fingerprint density at radius 2 is 1.72 bits per heavy atom. The molecule has 1 N–H and O–H groups in total. The van der Waals surface area contributed by atoms with Crippen LogP contribution in [0.4, 0.5) is 10.3 Å². The lowest BCUT2D eigenvalue weighted by Crippen LogP contribution is -2.31. The van der Waals surface area contributed by atoms with Crippen LogP contribution in [0.3, 0.4) is 0 Å². The lowest BCUT2D eigenvalue weighted by Gasteiger charge is -2.28. The Balaban J connectivity index is 0.00000182. The van der Waals surface area contributed by atoms with Crippen molar-refractivity contribution in [1.82, 2.24) is 15.3 Å². The number of hydrogen-bond acceptors (Lipinski definition) is 4. The maximum absolute atomic E-state index is 13.3. The highest BCUT2D eigenvalue weighted by atomic mass is 35.5. The number of piperidine rings is 1. The molecule has 6 heteroatoms. The Hall–Kier alpha value is -1.72. The summed E-state index contributed by atoms with van der Waals surface area (Å²) in [5.41, 5.74) is 4.24. The van der Waals surface area contributed by atoms with Crippen LogP contribution in [-0.2, 0) is 13.0 Å². The van der Waals surface area contributed by atoms with Crippen LogP contribution in [0, 0.1) is 5.82 Å². The van der Waals surface area contributed by atoms with E-state index in [1.165, 1.54) is 37.0 Å². The zero-order valence-corrected chi connectivity index (χ0v) is 15.1. The van der Waals surface area contributed by atoms with Gasteiger partial charge in [0.2, 0.25) is 5.95 Å². The van der Waals surface area contributed by atoms with Gasteiger partial charge in [-0.1, -0.05) is 0 Å². The van der Waals surface area contributed by atoms with Crippen molar-refractivity contribution < 1.29 is 4.39 Å². The molecular weight excluding hydrogens is 339 g/mol. The highest BCUT2D eigenvalue weighted by molar-refractivity contribution is 5.85. The van der Waals surface area contributed by atoms with Gasteiger partial charge in [-0.3, -0.25) is 0 Å². The number of aryl methyl sites for hydroxylation is 1. The van der Waals surface area contributed by atoms with E-state index in [-0.39, 0.29) is 18.2 Å². The van der Waals surface area contributed by atoms with Crippen LogP contribution in [0.2, 0.25) is 0 Å². The Morgan fingerprint density at radius 3 is 2.48 bits per heavy atom. The lowest BCUT2D eigenvalue weighted by atomic mass is 10.0. The van der Waals surface area contributed by atoms with Gasteiger partial charge in [0, 0.05) is 30.8 Å². The molecule has 0 radical (unpaired) electrons. The molecule has 1 aromatic carbocycles. The minimum absolute atomic E-state index is 0. The van der Waals surface area contributed by atoms with Crippen molar-refractivity contribution in [2.75, 3.05) is 24.5 Å². The molecule has 0 unspecified atom stereocenters. The minimum Gasteiger partial charge on any atom is -0.341 e. The topological polar surface area (TPSA) is 41.1 Å². The van der Waals surface area contributed by atoms with E-state index in [4.69, 9.17) is 9.97 Å². The SMILES string of the molecule is Cl.Fc1ccc(-c2nc(N3CCCCC3)nc3c2CNCCC3)cc1. The molecule has 1 saturated heterocycles. The second-order valence-electron chi connectivity index (χ2n) is 6.63. The normalized spacial score (nSPS) is 17.4. The summed E-state index contributed by atoms with van der Waals surface area (Å²) in [4.78, 5) is 12.1. The third kappa shape index (κ3) is 3.93. The standard InChI is InChI=1S/C19H23FN4.ClH/c20-15-8-6-14(7-9-15)18-16-13-21-10-4-5-17(16)22-19(23-18)24-11-2-1-3-12-24;/h6-9,21H,1-5,10-13H2;1H. The molecule has 2 aliphatic rings. The molecule has 0 bridgehead atoms. The molecular formula is C19H24ClFN4. The van der Waals surface area contributed by atoms with Gasteiger partial charge in [0.15, 0.2) is 0 Å².